The second-order valence-corrected chi connectivity index (χ2v) is 8.85. The molecule has 0 aliphatic carbocycles. The highest BCUT2D eigenvalue weighted by atomic mass is 32.2. The lowest BCUT2D eigenvalue weighted by Gasteiger charge is -2.24. The molecule has 2 N–H and O–H groups in total. The van der Waals surface area contributed by atoms with E-state index in [2.05, 4.69) is 0 Å². The first-order valence-corrected chi connectivity index (χ1v) is 11.3. The minimum absolute atomic E-state index is 0.00562. The Balaban J connectivity index is 1.57. The van der Waals surface area contributed by atoms with Crippen molar-refractivity contribution in [3.63, 3.8) is 0 Å². The number of aliphatic imine (C=N–C) groups is 1. The normalized spacial score (nSPS) is 24.6. The Morgan fingerprint density at radius 2 is 2.07 bits per heavy atom. The zero-order chi connectivity index (χ0) is 20.8. The number of likely N-dealkylation sites (N-methyl/N-ethyl adjacent to an activating group) is 1. The predicted octanol–water partition coefficient (Wildman–Crippen LogP) is 1.75. The molecule has 0 bridgehead atoms. The molecule has 0 spiro atoms. The molecule has 1 saturated heterocycles. The van der Waals surface area contributed by atoms with Gasteiger partial charge in [-0.05, 0) is 19.2 Å². The maximum atomic E-state index is 11.3. The van der Waals surface area contributed by atoms with Crippen LogP contribution >= 0.6 is 23.5 Å². The summed E-state index contributed by atoms with van der Waals surface area (Å²) in [6, 6.07) is 4.71. The maximum absolute atomic E-state index is 11.3. The van der Waals surface area contributed by atoms with Gasteiger partial charge >= 0.3 is 5.97 Å². The van der Waals surface area contributed by atoms with Crippen LogP contribution in [0.15, 0.2) is 23.2 Å². The fraction of sp³-hybridized carbons (Fsp3) is 0.579. The fourth-order valence-electron chi connectivity index (χ4n) is 3.16. The maximum Gasteiger partial charge on any atom is 0.321 e. The molecule has 2 aliphatic heterocycles. The fourth-order valence-corrected chi connectivity index (χ4v) is 5.92. The monoisotopic (exact) mass is 442 g/mol. The number of carboxylic acid groups (broad SMARTS) is 1. The van der Waals surface area contributed by atoms with E-state index in [4.69, 9.17) is 19.2 Å². The molecule has 3 rings (SSSR count). The lowest BCUT2D eigenvalue weighted by molar-refractivity contribution is -0.141. The Morgan fingerprint density at radius 1 is 1.28 bits per heavy atom. The van der Waals surface area contributed by atoms with Crippen molar-refractivity contribution in [1.82, 2.24) is 4.90 Å². The van der Waals surface area contributed by atoms with E-state index in [1.54, 1.807) is 48.8 Å². The Labute approximate surface area is 178 Å². The van der Waals surface area contributed by atoms with Crippen molar-refractivity contribution >= 4 is 34.5 Å². The van der Waals surface area contributed by atoms with Gasteiger partial charge in [-0.1, -0.05) is 0 Å². The lowest BCUT2D eigenvalue weighted by Crippen LogP contribution is -2.42. The third-order valence-electron chi connectivity index (χ3n) is 4.73. The molecule has 2 aliphatic rings. The van der Waals surface area contributed by atoms with E-state index in [-0.39, 0.29) is 17.2 Å². The van der Waals surface area contributed by atoms with Crippen LogP contribution in [0.25, 0.3) is 0 Å². The molecule has 160 valence electrons. The average Bonchev–Trinajstić information content (AvgIpc) is 3.31. The van der Waals surface area contributed by atoms with E-state index in [1.807, 2.05) is 11.9 Å². The molecular formula is C19H26N2O6S2. The largest absolute Gasteiger partial charge is 0.507 e. The number of aliphatic carboxylic acids is 1. The van der Waals surface area contributed by atoms with Crippen LogP contribution in [0.3, 0.4) is 0 Å². The number of methoxy groups -OCH3 is 1. The third kappa shape index (κ3) is 5.58. The van der Waals surface area contributed by atoms with Crippen LogP contribution in [-0.4, -0.2) is 95.7 Å². The van der Waals surface area contributed by atoms with Crippen LogP contribution in [0.4, 0.5) is 0 Å². The van der Waals surface area contributed by atoms with Crippen LogP contribution in [0.5, 0.6) is 11.5 Å². The summed E-state index contributed by atoms with van der Waals surface area (Å²) in [5.41, 5.74) is 0.668. The zero-order valence-corrected chi connectivity index (χ0v) is 18.1. The number of benzene rings is 1. The summed E-state index contributed by atoms with van der Waals surface area (Å²) in [4.78, 5) is 18.0. The van der Waals surface area contributed by atoms with E-state index in [1.165, 1.54) is 0 Å². The third-order valence-corrected chi connectivity index (χ3v) is 7.34. The molecule has 8 nitrogen and oxygen atoms in total. The molecule has 0 amide bonds. The van der Waals surface area contributed by atoms with Gasteiger partial charge in [-0.25, -0.2) is 0 Å². The van der Waals surface area contributed by atoms with Gasteiger partial charge in [-0.3, -0.25) is 14.7 Å². The van der Waals surface area contributed by atoms with Gasteiger partial charge in [0.15, 0.2) is 0 Å². The van der Waals surface area contributed by atoms with Gasteiger partial charge in [-0.2, -0.15) is 0 Å². The van der Waals surface area contributed by atoms with Crippen molar-refractivity contribution < 1.29 is 29.2 Å². The van der Waals surface area contributed by atoms with Crippen molar-refractivity contribution in [3.8, 4) is 11.5 Å². The smallest absolute Gasteiger partial charge is 0.321 e. The van der Waals surface area contributed by atoms with Crippen molar-refractivity contribution in [3.05, 3.63) is 23.8 Å². The first kappa shape index (κ1) is 22.2. The minimum atomic E-state index is -0.797. The first-order chi connectivity index (χ1) is 14.0. The van der Waals surface area contributed by atoms with Crippen molar-refractivity contribution in [2.75, 3.05) is 52.1 Å². The molecule has 29 heavy (non-hydrogen) atoms. The van der Waals surface area contributed by atoms with Gasteiger partial charge in [0.1, 0.15) is 29.2 Å². The molecule has 1 fully saturated rings. The summed E-state index contributed by atoms with van der Waals surface area (Å²) in [6.45, 7) is 1.89. The number of carbonyl (C=O) groups is 1. The van der Waals surface area contributed by atoms with Crippen molar-refractivity contribution in [2.24, 2.45) is 4.99 Å². The summed E-state index contributed by atoms with van der Waals surface area (Å²) in [6.07, 6.45) is 0. The topological polar surface area (TPSA) is 101 Å². The van der Waals surface area contributed by atoms with E-state index < -0.39 is 12.0 Å². The van der Waals surface area contributed by atoms with Crippen LogP contribution in [0, 0.1) is 0 Å². The standard InChI is InChI=1S/C19H26N2O6S2/c1-21-15(19(23)24)11-29-18(21)14-10-28-17(20-14)13-4-3-12(9-16(13)22)27-8-7-26-6-5-25-2/h3-4,9,14-15,18,22H,5-8,10-11H2,1-2H3,(H,23,24)/t14?,15-,18+/m1/s1. The van der Waals surface area contributed by atoms with Crippen LogP contribution in [-0.2, 0) is 14.3 Å². The SMILES string of the molecule is COCCOCCOc1ccc(C2=NC([C@@H]3SC[C@H](C(=O)O)N3C)CS2)c(O)c1. The summed E-state index contributed by atoms with van der Waals surface area (Å²) in [5.74, 6) is 1.21. The predicted molar refractivity (Wildman–Crippen MR) is 115 cm³/mol. The molecule has 0 radical (unpaired) electrons. The van der Waals surface area contributed by atoms with Gasteiger partial charge in [0.2, 0.25) is 0 Å². The van der Waals surface area contributed by atoms with E-state index in [9.17, 15) is 15.0 Å². The summed E-state index contributed by atoms with van der Waals surface area (Å²) < 4.78 is 15.8. The summed E-state index contributed by atoms with van der Waals surface area (Å²) in [7, 11) is 3.46. The summed E-state index contributed by atoms with van der Waals surface area (Å²) >= 11 is 3.21. The number of ether oxygens (including phenoxy) is 3. The number of hydrogen-bond acceptors (Lipinski definition) is 9. The van der Waals surface area contributed by atoms with Gasteiger partial charge in [-0.15, -0.1) is 23.5 Å². The molecule has 0 saturated carbocycles. The highest BCUT2D eigenvalue weighted by Crippen LogP contribution is 2.38. The average molecular weight is 443 g/mol. The number of carboxylic acids is 1. The molecule has 1 unspecified atom stereocenters. The van der Waals surface area contributed by atoms with Gasteiger partial charge in [0, 0.05) is 30.2 Å². The van der Waals surface area contributed by atoms with Crippen LogP contribution in [0.1, 0.15) is 5.56 Å². The van der Waals surface area contributed by atoms with Gasteiger partial charge in [0.05, 0.1) is 31.2 Å². The molecular weight excluding hydrogens is 416 g/mol. The molecule has 10 heteroatoms. The van der Waals surface area contributed by atoms with Crippen molar-refractivity contribution in [2.45, 2.75) is 17.5 Å². The highest BCUT2D eigenvalue weighted by molar-refractivity contribution is 8.14. The second kappa shape index (κ2) is 10.5. The van der Waals surface area contributed by atoms with E-state index in [0.717, 1.165) is 10.8 Å². The van der Waals surface area contributed by atoms with Crippen LogP contribution < -0.4 is 4.74 Å². The minimum Gasteiger partial charge on any atom is -0.507 e. The number of rotatable bonds is 10. The number of thioether (sulfide) groups is 2. The van der Waals surface area contributed by atoms with E-state index >= 15 is 0 Å². The molecule has 2 heterocycles. The highest BCUT2D eigenvalue weighted by Gasteiger charge is 2.41. The van der Waals surface area contributed by atoms with Crippen LogP contribution in [0.2, 0.25) is 0 Å². The number of phenols is 1. The summed E-state index contributed by atoms with van der Waals surface area (Å²) in [5, 5.41) is 20.5. The Morgan fingerprint density at radius 3 is 2.76 bits per heavy atom. The number of hydrogen-bond donors (Lipinski definition) is 2. The molecule has 3 atom stereocenters. The number of nitrogens with zero attached hydrogens (tertiary/aromatic N) is 2. The number of aromatic hydroxyl groups is 1. The van der Waals surface area contributed by atoms with Crippen molar-refractivity contribution in [1.29, 1.82) is 0 Å². The van der Waals surface area contributed by atoms with Gasteiger partial charge < -0.3 is 24.4 Å². The molecule has 1 aromatic carbocycles. The Kier molecular flexibility index (Phi) is 8.07. The second-order valence-electron chi connectivity index (χ2n) is 6.69. The Hall–Kier alpha value is -1.46. The quantitative estimate of drug-likeness (QED) is 0.525. The lowest BCUT2D eigenvalue weighted by atomic mass is 10.2. The first-order valence-electron chi connectivity index (χ1n) is 9.31. The number of phenolic OH excluding ortho intramolecular Hbond substituents is 1. The molecule has 1 aromatic rings. The van der Waals surface area contributed by atoms with Gasteiger partial charge in [0.25, 0.3) is 0 Å². The van der Waals surface area contributed by atoms with E-state index in [0.29, 0.717) is 43.5 Å². The Bertz CT molecular complexity index is 747. The molecule has 0 aromatic heterocycles. The zero-order valence-electron chi connectivity index (χ0n) is 16.4.